The van der Waals surface area contributed by atoms with E-state index in [0.29, 0.717) is 0 Å². The van der Waals surface area contributed by atoms with Crippen LogP contribution >= 0.6 is 11.7 Å². The average Bonchev–Trinajstić information content (AvgIpc) is 1.95. The molecule has 0 radical (unpaired) electrons. The van der Waals surface area contributed by atoms with Gasteiger partial charge in [-0.1, -0.05) is 0 Å². The predicted octanol–water partition coefficient (Wildman–Crippen LogP) is -2.18. The molecule has 0 aromatic heterocycles. The van der Waals surface area contributed by atoms with E-state index < -0.39 is 45.5 Å². The van der Waals surface area contributed by atoms with E-state index in [0.717, 1.165) is 0 Å². The number of carboxylic acid groups (broad SMARTS) is 3. The third-order valence-electron chi connectivity index (χ3n) is 1.29. The Bertz CT molecular complexity index is 411. The number of hydrogen-bond donors (Lipinski definition) is 6. The summed E-state index contributed by atoms with van der Waals surface area (Å²) in [6, 6.07) is 0. The Hall–Kier alpha value is 0.149. The van der Waals surface area contributed by atoms with Gasteiger partial charge in [0.1, 0.15) is 0 Å². The van der Waals surface area contributed by atoms with Crippen LogP contribution in [0.3, 0.4) is 0 Å². The van der Waals surface area contributed by atoms with E-state index in [1.807, 2.05) is 0 Å². The number of hydrogen-bond acceptors (Lipinski definition) is 6. The number of aliphatic carboxylic acids is 3. The first-order chi connectivity index (χ1) is 7.78. The molecular formula is C6H11FeNaO10S2. The zero-order valence-corrected chi connectivity index (χ0v) is 11.7. The van der Waals surface area contributed by atoms with Gasteiger partial charge in [0.15, 0.2) is 5.60 Å². The first-order valence-corrected chi connectivity index (χ1v) is 6.36. The molecule has 0 rings (SSSR count). The normalized spacial score (nSPS) is 9.95. The van der Waals surface area contributed by atoms with E-state index in [2.05, 4.69) is 11.7 Å². The van der Waals surface area contributed by atoms with Gasteiger partial charge in [-0.3, -0.25) is 14.1 Å². The molecule has 20 heavy (non-hydrogen) atoms. The summed E-state index contributed by atoms with van der Waals surface area (Å²) >= 11 is 2.65. The maximum atomic E-state index is 10.3. The first-order valence-electron chi connectivity index (χ1n) is 3.87. The minimum atomic E-state index is -3.97. The van der Waals surface area contributed by atoms with Gasteiger partial charge < -0.3 is 20.4 Å². The van der Waals surface area contributed by atoms with E-state index in [9.17, 15) is 14.4 Å². The van der Waals surface area contributed by atoms with Crippen LogP contribution in [-0.4, -0.2) is 86.5 Å². The van der Waals surface area contributed by atoms with Crippen LogP contribution in [0.2, 0.25) is 0 Å². The molecule has 0 saturated carbocycles. The summed E-state index contributed by atoms with van der Waals surface area (Å²) < 4.78 is 25.5. The van der Waals surface area contributed by atoms with E-state index >= 15 is 0 Å². The van der Waals surface area contributed by atoms with Gasteiger partial charge in [0.05, 0.1) is 12.8 Å². The van der Waals surface area contributed by atoms with Crippen molar-refractivity contribution in [3.8, 4) is 0 Å². The molecule has 0 aliphatic rings. The molecule has 0 atom stereocenters. The second kappa shape index (κ2) is 11.8. The fourth-order valence-corrected chi connectivity index (χ4v) is 0.714. The van der Waals surface area contributed by atoms with Crippen molar-refractivity contribution in [2.45, 2.75) is 18.4 Å². The van der Waals surface area contributed by atoms with Crippen molar-refractivity contribution in [1.29, 1.82) is 0 Å². The fraction of sp³-hybridized carbons (Fsp3) is 0.500. The number of thiol groups is 1. The fourth-order valence-electron chi connectivity index (χ4n) is 0.714. The molecule has 0 aliphatic carbocycles. The van der Waals surface area contributed by atoms with Crippen LogP contribution in [0, 0.1) is 0 Å². The minimum absolute atomic E-state index is 0. The summed E-state index contributed by atoms with van der Waals surface area (Å²) in [5.41, 5.74) is -2.74. The van der Waals surface area contributed by atoms with Crippen LogP contribution in [-0.2, 0) is 40.6 Å². The van der Waals surface area contributed by atoms with Crippen molar-refractivity contribution in [2.24, 2.45) is 0 Å². The summed E-state index contributed by atoms with van der Waals surface area (Å²) in [5, 5.41) is 33.8. The van der Waals surface area contributed by atoms with Crippen LogP contribution in [0.25, 0.3) is 0 Å². The summed E-state index contributed by atoms with van der Waals surface area (Å²) in [5.74, 6) is -5.02. The van der Waals surface area contributed by atoms with Gasteiger partial charge in [0.25, 0.3) is 0 Å². The molecule has 0 amide bonds. The summed E-state index contributed by atoms with van der Waals surface area (Å²) in [6.45, 7) is 0. The monoisotopic (exact) mass is 386 g/mol. The van der Waals surface area contributed by atoms with Gasteiger partial charge >= 0.3 is 56.6 Å². The van der Waals surface area contributed by atoms with Crippen molar-refractivity contribution < 1.29 is 64.8 Å². The van der Waals surface area contributed by atoms with Crippen molar-refractivity contribution in [2.75, 3.05) is 0 Å². The molecule has 0 saturated heterocycles. The zero-order chi connectivity index (χ0) is 15.1. The Balaban J connectivity index is -0.000000158. The second-order valence-electron chi connectivity index (χ2n) is 2.93. The summed E-state index contributed by atoms with van der Waals surface area (Å²) in [6.07, 6.45) is -2.29. The van der Waals surface area contributed by atoms with Crippen molar-refractivity contribution in [3.63, 3.8) is 0 Å². The van der Waals surface area contributed by atoms with Crippen molar-refractivity contribution in [1.82, 2.24) is 0 Å². The third-order valence-corrected chi connectivity index (χ3v) is 1.29. The first kappa shape index (κ1) is 28.3. The van der Waals surface area contributed by atoms with E-state index in [-0.39, 0.29) is 46.6 Å². The average molecular weight is 386 g/mol. The van der Waals surface area contributed by atoms with Crippen molar-refractivity contribution in [3.05, 3.63) is 0 Å². The van der Waals surface area contributed by atoms with Gasteiger partial charge in [-0.25, -0.2) is 4.79 Å². The van der Waals surface area contributed by atoms with E-state index in [1.54, 1.807) is 0 Å². The third kappa shape index (κ3) is 20.5. The Morgan fingerprint density at radius 2 is 1.20 bits per heavy atom. The second-order valence-corrected chi connectivity index (χ2v) is 5.21. The van der Waals surface area contributed by atoms with Crippen LogP contribution in [0.5, 0.6) is 0 Å². The molecule has 0 aliphatic heterocycles. The van der Waals surface area contributed by atoms with Crippen LogP contribution in [0.15, 0.2) is 0 Å². The molecule has 116 valence electrons. The Morgan fingerprint density at radius 3 is 1.30 bits per heavy atom. The van der Waals surface area contributed by atoms with Crippen LogP contribution < -0.4 is 0 Å². The molecular weight excluding hydrogens is 375 g/mol. The number of carbonyl (C=O) groups is 3. The predicted molar refractivity (Wildman–Crippen MR) is 64.8 cm³/mol. The van der Waals surface area contributed by atoms with Gasteiger partial charge in [-0.15, -0.1) is 0 Å². The number of aliphatic hydroxyl groups is 1. The molecule has 14 heteroatoms. The Morgan fingerprint density at radius 1 is 1.00 bits per heavy atom. The molecule has 0 unspecified atom stereocenters. The molecule has 0 heterocycles. The zero-order valence-electron chi connectivity index (χ0n) is 8.90. The molecule has 0 spiro atoms. The van der Waals surface area contributed by atoms with Gasteiger partial charge in [-0.05, 0) is 11.7 Å². The number of rotatable bonds is 5. The molecule has 0 aromatic rings. The molecule has 0 aromatic carbocycles. The van der Waals surface area contributed by atoms with Crippen LogP contribution in [0.1, 0.15) is 12.8 Å². The Labute approximate surface area is 150 Å². The molecule has 10 nitrogen and oxygen atoms in total. The summed E-state index contributed by atoms with van der Waals surface area (Å²) in [4.78, 5) is 30.5. The molecule has 0 fully saturated rings. The quantitative estimate of drug-likeness (QED) is 0.131. The van der Waals surface area contributed by atoms with Crippen molar-refractivity contribution >= 4 is 68.3 Å². The SMILES string of the molecule is O=C(O)CC(O)(CC(=O)O)C(=O)O.O=S(=O)(O)S.[Fe].[NaH]. The summed E-state index contributed by atoms with van der Waals surface area (Å²) in [7, 11) is -3.97. The van der Waals surface area contributed by atoms with E-state index in [1.165, 1.54) is 0 Å². The van der Waals surface area contributed by atoms with Crippen LogP contribution in [0.4, 0.5) is 0 Å². The topological polar surface area (TPSA) is 186 Å². The molecule has 5 N–H and O–H groups in total. The Kier molecular flexibility index (Phi) is 16.7. The molecule has 0 bridgehead atoms. The standard InChI is InChI=1S/C6H8O7.Fe.Na.H2O3S2.H/c7-3(8)1-6(13,5(11)12)2-4(9)10;;;1-5(2,3)4;/h13H,1-2H2,(H,7,8)(H,9,10)(H,11,12);;;(H2,1,2,3,4);. The number of carboxylic acids is 3. The van der Waals surface area contributed by atoms with Gasteiger partial charge in [0.2, 0.25) is 0 Å². The van der Waals surface area contributed by atoms with E-state index in [4.69, 9.17) is 33.4 Å². The van der Waals surface area contributed by atoms with Gasteiger partial charge in [-0.2, -0.15) is 8.42 Å². The van der Waals surface area contributed by atoms with Gasteiger partial charge in [0, 0.05) is 17.1 Å². The maximum absolute atomic E-state index is 10.3.